The molecule has 0 heterocycles. The van der Waals surface area contributed by atoms with Crippen LogP contribution in [0.2, 0.25) is 0 Å². The molecule has 9 nitrogen and oxygen atoms in total. The maximum absolute atomic E-state index is 12.3. The number of nitrogens with one attached hydrogen (secondary N) is 2. The van der Waals surface area contributed by atoms with E-state index < -0.39 is 11.9 Å². The summed E-state index contributed by atoms with van der Waals surface area (Å²) in [6, 6.07) is 20.8. The number of hydrogen-bond donors (Lipinski definition) is 2. The van der Waals surface area contributed by atoms with Crippen molar-refractivity contribution in [1.82, 2.24) is 10.7 Å². The van der Waals surface area contributed by atoms with Gasteiger partial charge < -0.3 is 19.5 Å². The molecule has 2 amide bonds. The van der Waals surface area contributed by atoms with Crippen LogP contribution in [0.15, 0.2) is 77.9 Å². The highest BCUT2D eigenvalue weighted by Gasteiger charge is 2.09. The first kappa shape index (κ1) is 26.9. The van der Waals surface area contributed by atoms with Crippen LogP contribution in [0.1, 0.15) is 45.2 Å². The predicted molar refractivity (Wildman–Crippen MR) is 139 cm³/mol. The van der Waals surface area contributed by atoms with Gasteiger partial charge in [-0.15, -0.1) is 0 Å². The summed E-state index contributed by atoms with van der Waals surface area (Å²) in [6.45, 7) is 2.66. The number of hydrogen-bond acceptors (Lipinski definition) is 7. The maximum Gasteiger partial charge on any atom is 0.337 e. The zero-order valence-electron chi connectivity index (χ0n) is 20.7. The maximum atomic E-state index is 12.3. The van der Waals surface area contributed by atoms with Gasteiger partial charge in [-0.05, 0) is 60.5 Å². The number of methoxy groups -OCH3 is 1. The number of para-hydroxylation sites is 1. The summed E-state index contributed by atoms with van der Waals surface area (Å²) in [7, 11) is 1.33. The van der Waals surface area contributed by atoms with Gasteiger partial charge in [-0.25, -0.2) is 10.2 Å². The molecule has 2 N–H and O–H groups in total. The normalized spacial score (nSPS) is 10.5. The van der Waals surface area contributed by atoms with Crippen molar-refractivity contribution in [1.29, 1.82) is 0 Å². The molecule has 0 aliphatic heterocycles. The third kappa shape index (κ3) is 8.50. The molecule has 0 saturated carbocycles. The molecule has 192 valence electrons. The fourth-order valence-corrected chi connectivity index (χ4v) is 3.13. The lowest BCUT2D eigenvalue weighted by atomic mass is 10.1. The fraction of sp³-hybridized carbons (Fsp3) is 0.214. The first-order chi connectivity index (χ1) is 18.0. The van der Waals surface area contributed by atoms with Gasteiger partial charge in [0.1, 0.15) is 18.1 Å². The van der Waals surface area contributed by atoms with Gasteiger partial charge >= 0.3 is 5.97 Å². The average molecular weight is 504 g/mol. The van der Waals surface area contributed by atoms with E-state index in [1.807, 2.05) is 19.1 Å². The molecule has 37 heavy (non-hydrogen) atoms. The van der Waals surface area contributed by atoms with Gasteiger partial charge in [-0.1, -0.05) is 31.2 Å². The largest absolute Gasteiger partial charge is 0.494 e. The Morgan fingerprint density at radius 1 is 0.892 bits per heavy atom. The van der Waals surface area contributed by atoms with Crippen molar-refractivity contribution in [2.45, 2.75) is 20.0 Å². The second kappa shape index (κ2) is 14.0. The van der Waals surface area contributed by atoms with Crippen molar-refractivity contribution in [2.75, 3.05) is 20.3 Å². The van der Waals surface area contributed by atoms with Gasteiger partial charge in [-0.2, -0.15) is 5.10 Å². The summed E-state index contributed by atoms with van der Waals surface area (Å²) in [6.07, 6.45) is 2.36. The topological polar surface area (TPSA) is 115 Å². The Balaban J connectivity index is 1.47. The molecule has 0 unspecified atom stereocenters. The van der Waals surface area contributed by atoms with E-state index in [-0.39, 0.29) is 19.1 Å². The Morgan fingerprint density at radius 3 is 2.30 bits per heavy atom. The number of hydrazone groups is 1. The van der Waals surface area contributed by atoms with E-state index >= 15 is 0 Å². The summed E-state index contributed by atoms with van der Waals surface area (Å²) < 4.78 is 16.1. The zero-order valence-corrected chi connectivity index (χ0v) is 20.7. The molecular formula is C28H29N3O6. The van der Waals surface area contributed by atoms with E-state index in [0.717, 1.165) is 12.0 Å². The summed E-state index contributed by atoms with van der Waals surface area (Å²) >= 11 is 0. The standard InChI is InChI=1S/C28H29N3O6/c1-3-16-36-24-14-12-21(13-15-24)27(33)29-18-26(32)31-30-17-23-6-4-5-7-25(23)37-19-20-8-10-22(11-9-20)28(34)35-2/h4-15,17H,3,16,18-19H2,1-2H3,(H,29,33)(H,31,32)/b30-17-. The van der Waals surface area contributed by atoms with E-state index in [4.69, 9.17) is 14.2 Å². The third-order valence-corrected chi connectivity index (χ3v) is 5.08. The van der Waals surface area contributed by atoms with E-state index in [1.54, 1.807) is 60.7 Å². The first-order valence-corrected chi connectivity index (χ1v) is 11.7. The van der Waals surface area contributed by atoms with Crippen molar-refractivity contribution in [3.63, 3.8) is 0 Å². The minimum absolute atomic E-state index is 0.232. The number of nitrogens with zero attached hydrogens (tertiary/aromatic N) is 1. The first-order valence-electron chi connectivity index (χ1n) is 11.7. The third-order valence-electron chi connectivity index (χ3n) is 5.08. The molecule has 3 aromatic rings. The number of benzene rings is 3. The van der Waals surface area contributed by atoms with E-state index in [9.17, 15) is 14.4 Å². The van der Waals surface area contributed by atoms with Crippen molar-refractivity contribution < 1.29 is 28.6 Å². The Labute approximate surface area is 215 Å². The van der Waals surface area contributed by atoms with Gasteiger partial charge in [0, 0.05) is 11.1 Å². The summed E-state index contributed by atoms with van der Waals surface area (Å²) in [4.78, 5) is 35.9. The molecular weight excluding hydrogens is 474 g/mol. The van der Waals surface area contributed by atoms with Crippen LogP contribution in [0.4, 0.5) is 0 Å². The predicted octanol–water partition coefficient (Wildman–Crippen LogP) is 3.72. The van der Waals surface area contributed by atoms with Crippen molar-refractivity contribution in [2.24, 2.45) is 5.10 Å². The lowest BCUT2D eigenvalue weighted by Gasteiger charge is -2.09. The van der Waals surface area contributed by atoms with Gasteiger partial charge in [0.05, 0.1) is 32.0 Å². The van der Waals surface area contributed by atoms with E-state index in [0.29, 0.717) is 34.8 Å². The molecule has 3 aromatic carbocycles. The number of carbonyl (C=O) groups excluding carboxylic acids is 3. The Bertz CT molecular complexity index is 1220. The van der Waals surface area contributed by atoms with Gasteiger partial charge in [0.25, 0.3) is 11.8 Å². The molecule has 9 heteroatoms. The Morgan fingerprint density at radius 2 is 1.59 bits per heavy atom. The van der Waals surface area contributed by atoms with Crippen molar-refractivity contribution >= 4 is 24.0 Å². The summed E-state index contributed by atoms with van der Waals surface area (Å²) in [5, 5.41) is 6.52. The summed E-state index contributed by atoms with van der Waals surface area (Å²) in [5.74, 6) is 0.00162. The van der Waals surface area contributed by atoms with Crippen LogP contribution < -0.4 is 20.2 Å². The van der Waals surface area contributed by atoms with E-state index in [1.165, 1.54) is 13.3 Å². The highest BCUT2D eigenvalue weighted by atomic mass is 16.5. The van der Waals surface area contributed by atoms with Crippen LogP contribution in [0.5, 0.6) is 11.5 Å². The van der Waals surface area contributed by atoms with Crippen LogP contribution >= 0.6 is 0 Å². The van der Waals surface area contributed by atoms with Crippen LogP contribution in [0, 0.1) is 0 Å². The molecule has 0 aliphatic rings. The molecule has 0 saturated heterocycles. The monoisotopic (exact) mass is 503 g/mol. The van der Waals surface area contributed by atoms with Crippen LogP contribution in [-0.4, -0.2) is 44.3 Å². The minimum Gasteiger partial charge on any atom is -0.494 e. The van der Waals surface area contributed by atoms with Crippen LogP contribution in [-0.2, 0) is 16.1 Å². The van der Waals surface area contributed by atoms with Gasteiger partial charge in [0.2, 0.25) is 0 Å². The lowest BCUT2D eigenvalue weighted by Crippen LogP contribution is -2.34. The molecule has 0 spiro atoms. The number of carbonyl (C=O) groups is 3. The fourth-order valence-electron chi connectivity index (χ4n) is 3.13. The molecule has 3 rings (SSSR count). The lowest BCUT2D eigenvalue weighted by molar-refractivity contribution is -0.120. The molecule has 0 atom stereocenters. The Kier molecular flexibility index (Phi) is 10.2. The van der Waals surface area contributed by atoms with Gasteiger partial charge in [-0.3, -0.25) is 9.59 Å². The number of esters is 1. The van der Waals surface area contributed by atoms with Crippen LogP contribution in [0.3, 0.4) is 0 Å². The molecule has 0 aromatic heterocycles. The van der Waals surface area contributed by atoms with Crippen molar-refractivity contribution in [3.05, 3.63) is 95.1 Å². The van der Waals surface area contributed by atoms with Crippen molar-refractivity contribution in [3.8, 4) is 11.5 Å². The summed E-state index contributed by atoms with van der Waals surface area (Å²) in [5.41, 5.74) is 4.79. The molecule has 0 radical (unpaired) electrons. The highest BCUT2D eigenvalue weighted by molar-refractivity contribution is 5.96. The number of amides is 2. The quantitative estimate of drug-likeness (QED) is 0.221. The second-order valence-corrected chi connectivity index (χ2v) is 7.86. The number of ether oxygens (including phenoxy) is 3. The second-order valence-electron chi connectivity index (χ2n) is 7.86. The zero-order chi connectivity index (χ0) is 26.5. The molecule has 0 fully saturated rings. The number of rotatable bonds is 12. The van der Waals surface area contributed by atoms with E-state index in [2.05, 4.69) is 15.8 Å². The SMILES string of the molecule is CCCOc1ccc(C(=O)NCC(=O)N/N=C\c2ccccc2OCc2ccc(C(=O)OC)cc2)cc1. The molecule has 0 bridgehead atoms. The molecule has 0 aliphatic carbocycles. The van der Waals surface area contributed by atoms with Gasteiger partial charge in [0.15, 0.2) is 0 Å². The minimum atomic E-state index is -0.475. The Hall–Kier alpha value is -4.66. The van der Waals surface area contributed by atoms with Crippen LogP contribution in [0.25, 0.3) is 0 Å². The average Bonchev–Trinajstić information content (AvgIpc) is 2.94. The smallest absolute Gasteiger partial charge is 0.337 e. The highest BCUT2D eigenvalue weighted by Crippen LogP contribution is 2.18.